The van der Waals surface area contributed by atoms with Crippen molar-refractivity contribution in [1.29, 1.82) is 0 Å². The largest absolute Gasteiger partial charge is 0.309 e. The highest BCUT2D eigenvalue weighted by molar-refractivity contribution is 6.21. The van der Waals surface area contributed by atoms with E-state index >= 15 is 0 Å². The summed E-state index contributed by atoms with van der Waals surface area (Å²) in [6.45, 7) is 0. The fraction of sp³-hybridized carbons (Fsp3) is 0. The molecule has 0 radical (unpaired) electrons. The first-order valence-corrected chi connectivity index (χ1v) is 16.0. The van der Waals surface area contributed by atoms with Crippen LogP contribution in [0.1, 0.15) is 0 Å². The summed E-state index contributed by atoms with van der Waals surface area (Å²) in [6.07, 6.45) is 0. The number of rotatable bonds is 3. The molecule has 10 rings (SSSR count). The third-order valence-electron chi connectivity index (χ3n) is 9.53. The molecule has 0 amide bonds. The third-order valence-corrected chi connectivity index (χ3v) is 9.53. The number of benzene rings is 8. The molecule has 3 heteroatoms. The van der Waals surface area contributed by atoms with E-state index in [1.54, 1.807) is 0 Å². The van der Waals surface area contributed by atoms with Gasteiger partial charge in [0.05, 0.1) is 33.5 Å². The van der Waals surface area contributed by atoms with Crippen molar-refractivity contribution in [3.63, 3.8) is 0 Å². The van der Waals surface area contributed by atoms with Crippen LogP contribution in [0.25, 0.3) is 93.4 Å². The van der Waals surface area contributed by atoms with E-state index in [0.29, 0.717) is 0 Å². The predicted molar refractivity (Wildman–Crippen MR) is 197 cm³/mol. The normalized spacial score (nSPS) is 11.8. The number of para-hydroxylation sites is 1. The zero-order valence-corrected chi connectivity index (χ0v) is 25.4. The van der Waals surface area contributed by atoms with Crippen LogP contribution in [-0.4, -0.2) is 14.5 Å². The lowest BCUT2D eigenvalue weighted by Gasteiger charge is -2.14. The Kier molecular flexibility index (Phi) is 5.57. The van der Waals surface area contributed by atoms with Gasteiger partial charge in [-0.2, -0.15) is 0 Å². The Morgan fingerprint density at radius 3 is 1.83 bits per heavy atom. The van der Waals surface area contributed by atoms with Crippen molar-refractivity contribution in [3.05, 3.63) is 164 Å². The van der Waals surface area contributed by atoms with E-state index < -0.39 is 0 Å². The van der Waals surface area contributed by atoms with E-state index in [1.165, 1.54) is 43.4 Å². The van der Waals surface area contributed by atoms with E-state index in [2.05, 4.69) is 156 Å². The van der Waals surface area contributed by atoms with Crippen LogP contribution >= 0.6 is 0 Å². The second kappa shape index (κ2) is 10.1. The number of hydrogen-bond donors (Lipinski definition) is 0. The van der Waals surface area contributed by atoms with E-state index in [1.807, 2.05) is 12.1 Å². The predicted octanol–water partition coefficient (Wildman–Crippen LogP) is 11.5. The molecule has 0 unspecified atom stereocenters. The molecule has 0 saturated carbocycles. The van der Waals surface area contributed by atoms with Gasteiger partial charge in [0.15, 0.2) is 0 Å². The fourth-order valence-electron chi connectivity index (χ4n) is 7.39. The molecule has 0 aliphatic rings. The summed E-state index contributed by atoms with van der Waals surface area (Å²) in [6, 6.07) is 58.3. The highest BCUT2D eigenvalue weighted by atomic mass is 15.0. The van der Waals surface area contributed by atoms with Gasteiger partial charge in [-0.25, -0.2) is 9.97 Å². The van der Waals surface area contributed by atoms with Crippen molar-refractivity contribution in [2.75, 3.05) is 0 Å². The van der Waals surface area contributed by atoms with E-state index in [4.69, 9.17) is 9.97 Å². The van der Waals surface area contributed by atoms with E-state index in [0.717, 1.165) is 50.0 Å². The topological polar surface area (TPSA) is 30.7 Å². The summed E-state index contributed by atoms with van der Waals surface area (Å²) < 4.78 is 2.43. The molecule has 2 heterocycles. The number of fused-ring (bicyclic) bond motifs is 10. The minimum Gasteiger partial charge on any atom is -0.309 e. The van der Waals surface area contributed by atoms with Crippen molar-refractivity contribution in [3.8, 4) is 28.2 Å². The van der Waals surface area contributed by atoms with Gasteiger partial charge in [-0.3, -0.25) is 0 Å². The molecule has 0 fully saturated rings. The third kappa shape index (κ3) is 3.93. The van der Waals surface area contributed by atoms with Gasteiger partial charge in [-0.05, 0) is 45.8 Å². The van der Waals surface area contributed by atoms with E-state index in [-0.39, 0.29) is 0 Å². The van der Waals surface area contributed by atoms with Crippen molar-refractivity contribution in [2.45, 2.75) is 0 Å². The minimum absolute atomic E-state index is 0.890. The summed E-state index contributed by atoms with van der Waals surface area (Å²) in [7, 11) is 0. The van der Waals surface area contributed by atoms with Crippen LogP contribution in [0.5, 0.6) is 0 Å². The van der Waals surface area contributed by atoms with Crippen molar-refractivity contribution in [2.24, 2.45) is 0 Å². The first-order chi connectivity index (χ1) is 23.3. The van der Waals surface area contributed by atoms with Gasteiger partial charge in [0, 0.05) is 38.4 Å². The summed E-state index contributed by atoms with van der Waals surface area (Å²) in [4.78, 5) is 10.7. The van der Waals surface area contributed by atoms with Gasteiger partial charge < -0.3 is 4.57 Å². The Labute approximate surface area is 271 Å². The Balaban J connectivity index is 1.26. The van der Waals surface area contributed by atoms with Crippen LogP contribution in [0.4, 0.5) is 0 Å². The molecule has 0 aliphatic carbocycles. The van der Waals surface area contributed by atoms with Crippen LogP contribution in [0.2, 0.25) is 0 Å². The lowest BCUT2D eigenvalue weighted by Crippen LogP contribution is -1.97. The second-order valence-corrected chi connectivity index (χ2v) is 12.2. The van der Waals surface area contributed by atoms with Crippen LogP contribution in [0.3, 0.4) is 0 Å². The average molecular weight is 598 g/mol. The lowest BCUT2D eigenvalue weighted by atomic mass is 9.98. The molecule has 8 aromatic carbocycles. The Hall–Kier alpha value is -6.32. The molecule has 3 nitrogen and oxygen atoms in total. The molecule has 0 N–H and O–H groups in total. The number of aromatic nitrogens is 3. The molecular formula is C44H27N3. The Morgan fingerprint density at radius 2 is 1.02 bits per heavy atom. The highest BCUT2D eigenvalue weighted by Crippen LogP contribution is 2.39. The minimum atomic E-state index is 0.890. The molecule has 0 saturated heterocycles. The standard InChI is InChI=1S/C44H27N3/c1-3-12-30(13-4-1)41-42(31-14-5-2-6-15-31)46-43-38(45-41)26-22-29-19-20-32-27-33(23-25-34(32)40(29)43)47-39-18-10-9-17-36(39)37-24-21-28-11-7-8-16-35(28)44(37)47/h1-27H. The second-order valence-electron chi connectivity index (χ2n) is 12.2. The van der Waals surface area contributed by atoms with Gasteiger partial charge >= 0.3 is 0 Å². The first-order valence-electron chi connectivity index (χ1n) is 16.0. The van der Waals surface area contributed by atoms with Crippen LogP contribution in [0.15, 0.2) is 164 Å². The highest BCUT2D eigenvalue weighted by Gasteiger charge is 2.18. The number of hydrogen-bond acceptors (Lipinski definition) is 2. The van der Waals surface area contributed by atoms with Crippen molar-refractivity contribution < 1.29 is 0 Å². The van der Waals surface area contributed by atoms with Crippen molar-refractivity contribution in [1.82, 2.24) is 14.5 Å². The SMILES string of the molecule is c1ccc(-c2nc3ccc4ccc5cc(-n6c7ccccc7c7ccc8ccccc8c76)ccc5c4c3nc2-c2ccccc2)cc1. The first kappa shape index (κ1) is 26.0. The van der Waals surface area contributed by atoms with Gasteiger partial charge in [-0.1, -0.05) is 140 Å². The molecule has 47 heavy (non-hydrogen) atoms. The summed E-state index contributed by atoms with van der Waals surface area (Å²) in [5.74, 6) is 0. The molecular weight excluding hydrogens is 571 g/mol. The van der Waals surface area contributed by atoms with E-state index in [9.17, 15) is 0 Å². The van der Waals surface area contributed by atoms with Gasteiger partial charge in [0.2, 0.25) is 0 Å². The zero-order valence-electron chi connectivity index (χ0n) is 25.4. The zero-order chi connectivity index (χ0) is 30.9. The molecule has 218 valence electrons. The van der Waals surface area contributed by atoms with Gasteiger partial charge in [0.1, 0.15) is 0 Å². The maximum absolute atomic E-state index is 5.42. The Bertz CT molecular complexity index is 2830. The Morgan fingerprint density at radius 1 is 0.404 bits per heavy atom. The summed E-state index contributed by atoms with van der Waals surface area (Å²) in [5, 5.41) is 9.64. The number of nitrogens with zero attached hydrogens (tertiary/aromatic N) is 3. The maximum atomic E-state index is 5.42. The van der Waals surface area contributed by atoms with Gasteiger partial charge in [0.25, 0.3) is 0 Å². The summed E-state index contributed by atoms with van der Waals surface area (Å²) >= 11 is 0. The molecule has 0 atom stereocenters. The molecule has 10 aromatic rings. The van der Waals surface area contributed by atoms with Crippen LogP contribution in [0, 0.1) is 0 Å². The van der Waals surface area contributed by atoms with Crippen LogP contribution < -0.4 is 0 Å². The molecule has 0 bridgehead atoms. The quantitative estimate of drug-likeness (QED) is 0.190. The van der Waals surface area contributed by atoms with Crippen LogP contribution in [-0.2, 0) is 0 Å². The van der Waals surface area contributed by atoms with Gasteiger partial charge in [-0.15, -0.1) is 0 Å². The van der Waals surface area contributed by atoms with Crippen molar-refractivity contribution >= 4 is 65.2 Å². The monoisotopic (exact) mass is 597 g/mol. The summed E-state index contributed by atoms with van der Waals surface area (Å²) in [5.41, 5.74) is 9.29. The average Bonchev–Trinajstić information content (AvgIpc) is 3.49. The molecule has 0 aliphatic heterocycles. The smallest absolute Gasteiger partial charge is 0.0979 e. The lowest BCUT2D eigenvalue weighted by molar-refractivity contribution is 1.19. The maximum Gasteiger partial charge on any atom is 0.0979 e. The molecule has 2 aromatic heterocycles. The molecule has 0 spiro atoms. The fourth-order valence-corrected chi connectivity index (χ4v) is 7.39.